The van der Waals surface area contributed by atoms with Gasteiger partial charge in [0.2, 0.25) is 0 Å². The largest absolute Gasteiger partial charge is 0.462 e. The van der Waals surface area contributed by atoms with Crippen LogP contribution in [-0.2, 0) is 28.6 Å². The zero-order valence-electron chi connectivity index (χ0n) is 52.5. The van der Waals surface area contributed by atoms with Crippen LogP contribution in [0.2, 0.25) is 0 Å². The summed E-state index contributed by atoms with van der Waals surface area (Å²) >= 11 is 0. The summed E-state index contributed by atoms with van der Waals surface area (Å²) in [6.07, 6.45) is 84.5. The molecule has 0 bridgehead atoms. The van der Waals surface area contributed by atoms with Gasteiger partial charge in [-0.2, -0.15) is 0 Å². The zero-order valence-corrected chi connectivity index (χ0v) is 52.5. The number of ether oxygens (including phenoxy) is 3. The Morgan fingerprint density at radius 3 is 0.782 bits per heavy atom. The molecule has 0 aromatic carbocycles. The highest BCUT2D eigenvalue weighted by Crippen LogP contribution is 2.18. The van der Waals surface area contributed by atoms with E-state index in [0.717, 1.165) is 109 Å². The lowest BCUT2D eigenvalue weighted by molar-refractivity contribution is -0.167. The van der Waals surface area contributed by atoms with Gasteiger partial charge in [0.15, 0.2) is 6.10 Å². The third-order valence-corrected chi connectivity index (χ3v) is 15.5. The van der Waals surface area contributed by atoms with Gasteiger partial charge in [0.25, 0.3) is 0 Å². The molecule has 0 saturated carbocycles. The van der Waals surface area contributed by atoms with E-state index < -0.39 is 6.10 Å². The minimum Gasteiger partial charge on any atom is -0.462 e. The van der Waals surface area contributed by atoms with Crippen LogP contribution >= 0.6 is 0 Å². The highest BCUT2D eigenvalue weighted by molar-refractivity contribution is 5.71. The number of esters is 3. The highest BCUT2D eigenvalue weighted by atomic mass is 16.6. The van der Waals surface area contributed by atoms with Crippen LogP contribution in [-0.4, -0.2) is 37.2 Å². The first-order valence-corrected chi connectivity index (χ1v) is 34.6. The monoisotopic (exact) mass is 1090 g/mol. The van der Waals surface area contributed by atoms with Gasteiger partial charge in [0, 0.05) is 19.3 Å². The Kier molecular flexibility index (Phi) is 64.6. The summed E-state index contributed by atoms with van der Waals surface area (Å²) < 4.78 is 16.9. The minimum atomic E-state index is -0.785. The van der Waals surface area contributed by atoms with Gasteiger partial charge in [-0.05, 0) is 77.0 Å². The fraction of sp³-hybridized carbons (Fsp3) is 0.847. The van der Waals surface area contributed by atoms with Crippen LogP contribution in [0.15, 0.2) is 48.6 Å². The molecule has 456 valence electrons. The van der Waals surface area contributed by atoms with E-state index in [-0.39, 0.29) is 31.1 Å². The van der Waals surface area contributed by atoms with Gasteiger partial charge in [-0.1, -0.05) is 326 Å². The molecule has 0 aliphatic rings. The predicted octanol–water partition coefficient (Wildman–Crippen LogP) is 23.7. The summed E-state index contributed by atoms with van der Waals surface area (Å²) in [5, 5.41) is 0. The molecule has 0 aromatic heterocycles. The molecule has 78 heavy (non-hydrogen) atoms. The Hall–Kier alpha value is -2.63. The van der Waals surface area contributed by atoms with Crippen molar-refractivity contribution in [2.45, 2.75) is 380 Å². The van der Waals surface area contributed by atoms with Gasteiger partial charge < -0.3 is 14.2 Å². The summed E-state index contributed by atoms with van der Waals surface area (Å²) in [6.45, 7) is 6.58. The van der Waals surface area contributed by atoms with Crippen molar-refractivity contribution in [2.75, 3.05) is 13.2 Å². The Morgan fingerprint density at radius 1 is 0.256 bits per heavy atom. The lowest BCUT2D eigenvalue weighted by atomic mass is 10.0. The highest BCUT2D eigenvalue weighted by Gasteiger charge is 2.19. The maximum Gasteiger partial charge on any atom is 0.306 e. The molecular weight excluding hydrogens is 961 g/mol. The van der Waals surface area contributed by atoms with Crippen molar-refractivity contribution >= 4 is 17.9 Å². The van der Waals surface area contributed by atoms with Crippen molar-refractivity contribution in [3.63, 3.8) is 0 Å². The van der Waals surface area contributed by atoms with E-state index in [2.05, 4.69) is 69.4 Å². The first-order valence-electron chi connectivity index (χ1n) is 34.6. The van der Waals surface area contributed by atoms with E-state index >= 15 is 0 Å². The average Bonchev–Trinajstić information content (AvgIpc) is 3.44. The molecule has 0 N–H and O–H groups in total. The molecular formula is C72H132O6. The van der Waals surface area contributed by atoms with E-state index in [1.54, 1.807) is 0 Å². The van der Waals surface area contributed by atoms with E-state index in [1.807, 2.05) is 0 Å². The number of carbonyl (C=O) groups is 3. The van der Waals surface area contributed by atoms with Gasteiger partial charge in [0.05, 0.1) is 0 Å². The van der Waals surface area contributed by atoms with Crippen LogP contribution in [0.4, 0.5) is 0 Å². The summed E-state index contributed by atoms with van der Waals surface area (Å²) in [6, 6.07) is 0. The molecule has 0 heterocycles. The van der Waals surface area contributed by atoms with Crippen molar-refractivity contribution in [3.05, 3.63) is 48.6 Å². The van der Waals surface area contributed by atoms with E-state index in [9.17, 15) is 14.4 Å². The third kappa shape index (κ3) is 64.2. The molecule has 0 saturated heterocycles. The number of unbranched alkanes of at least 4 members (excludes halogenated alkanes) is 45. The van der Waals surface area contributed by atoms with Crippen LogP contribution in [0.25, 0.3) is 0 Å². The van der Waals surface area contributed by atoms with Crippen LogP contribution in [0.1, 0.15) is 374 Å². The van der Waals surface area contributed by atoms with Crippen LogP contribution in [0.5, 0.6) is 0 Å². The van der Waals surface area contributed by atoms with Crippen molar-refractivity contribution in [3.8, 4) is 0 Å². The van der Waals surface area contributed by atoms with E-state index in [0.29, 0.717) is 19.3 Å². The molecule has 0 aliphatic heterocycles. The van der Waals surface area contributed by atoms with E-state index in [4.69, 9.17) is 14.2 Å². The third-order valence-electron chi connectivity index (χ3n) is 15.5. The Balaban J connectivity index is 4.10. The molecule has 1 atom stereocenters. The molecule has 1 unspecified atom stereocenters. The van der Waals surface area contributed by atoms with Gasteiger partial charge in [-0.3, -0.25) is 14.4 Å². The molecule has 6 heteroatoms. The van der Waals surface area contributed by atoms with Gasteiger partial charge in [-0.25, -0.2) is 0 Å². The Labute approximate surface area is 486 Å². The Morgan fingerprint density at radius 2 is 0.487 bits per heavy atom. The topological polar surface area (TPSA) is 78.9 Å². The molecule has 0 aliphatic carbocycles. The molecule has 0 radical (unpaired) electrons. The zero-order chi connectivity index (χ0) is 56.4. The predicted molar refractivity (Wildman–Crippen MR) is 339 cm³/mol. The van der Waals surface area contributed by atoms with Gasteiger partial charge >= 0.3 is 17.9 Å². The second-order valence-electron chi connectivity index (χ2n) is 23.4. The summed E-state index contributed by atoms with van der Waals surface area (Å²) in [7, 11) is 0. The van der Waals surface area contributed by atoms with Crippen molar-refractivity contribution in [1.29, 1.82) is 0 Å². The van der Waals surface area contributed by atoms with Crippen LogP contribution in [0, 0.1) is 0 Å². The lowest BCUT2D eigenvalue weighted by Crippen LogP contribution is -2.30. The molecule has 0 amide bonds. The second kappa shape index (κ2) is 66.9. The van der Waals surface area contributed by atoms with E-state index in [1.165, 1.54) is 225 Å². The number of rotatable bonds is 64. The molecule has 0 spiro atoms. The number of hydrogen-bond donors (Lipinski definition) is 0. The molecule has 0 aromatic rings. The van der Waals surface area contributed by atoms with Gasteiger partial charge in [-0.15, -0.1) is 0 Å². The number of hydrogen-bond acceptors (Lipinski definition) is 6. The Bertz CT molecular complexity index is 1350. The first-order chi connectivity index (χ1) is 38.5. The minimum absolute atomic E-state index is 0.0802. The fourth-order valence-electron chi connectivity index (χ4n) is 10.3. The number of allylic oxidation sites excluding steroid dienone is 8. The van der Waals surface area contributed by atoms with Crippen molar-refractivity contribution in [2.24, 2.45) is 0 Å². The smallest absolute Gasteiger partial charge is 0.306 e. The second-order valence-corrected chi connectivity index (χ2v) is 23.4. The lowest BCUT2D eigenvalue weighted by Gasteiger charge is -2.18. The first kappa shape index (κ1) is 75.4. The normalized spacial score (nSPS) is 12.3. The van der Waals surface area contributed by atoms with Crippen molar-refractivity contribution < 1.29 is 28.6 Å². The average molecular weight is 1090 g/mol. The maximum absolute atomic E-state index is 12.9. The molecule has 6 nitrogen and oxygen atoms in total. The number of carbonyl (C=O) groups excluding carboxylic acids is 3. The summed E-state index contributed by atoms with van der Waals surface area (Å²) in [5.74, 6) is -0.889. The van der Waals surface area contributed by atoms with Crippen LogP contribution < -0.4 is 0 Å². The quantitative estimate of drug-likeness (QED) is 0.0261. The van der Waals surface area contributed by atoms with Crippen LogP contribution in [0.3, 0.4) is 0 Å². The maximum atomic E-state index is 12.9. The summed E-state index contributed by atoms with van der Waals surface area (Å²) in [4.78, 5) is 38.3. The standard InChI is InChI=1S/C72H132O6/c1-4-7-10-13-16-19-22-25-27-28-29-30-31-32-33-34-35-36-37-38-39-40-41-42-43-45-47-50-53-56-59-62-65-71(74)77-68-69(67-76-70(73)64-61-58-55-52-49-46-24-21-18-15-12-9-6-3)78-72(75)66-63-60-57-54-51-48-44-26-23-20-17-14-11-8-5-2/h12,15,17,20-21,24,26,44,69H,4-11,13-14,16,18-19,22-23,25,27-43,45-68H2,1-3H3/b15-12-,20-17-,24-21-,44-26-. The summed E-state index contributed by atoms with van der Waals surface area (Å²) in [5.41, 5.74) is 0. The van der Waals surface area contributed by atoms with Gasteiger partial charge in [0.1, 0.15) is 13.2 Å². The fourth-order valence-corrected chi connectivity index (χ4v) is 10.3. The SMILES string of the molecule is CCC/C=C\C/C=C\CCCCCCCC(=O)OCC(COC(=O)CCCCCCCCCCCCCCCCCCCCCCCCCCCCCCCCCC)OC(=O)CCCCCCC/C=C\C/C=C\CCCCC. The molecule has 0 fully saturated rings. The molecule has 0 rings (SSSR count). The van der Waals surface area contributed by atoms with Crippen molar-refractivity contribution in [1.82, 2.24) is 0 Å².